The number of benzene rings is 1. The quantitative estimate of drug-likeness (QED) is 0.800. The van der Waals surface area contributed by atoms with Crippen molar-refractivity contribution in [2.45, 2.75) is 39.0 Å². The third-order valence-corrected chi connectivity index (χ3v) is 4.92. The van der Waals surface area contributed by atoms with Crippen LogP contribution in [0, 0.1) is 5.92 Å². The largest absolute Gasteiger partial charge is 0.315 e. The SMILES string of the molecule is CC1CC(=O)N(C)N=C1c1ccc2c(c1)C(C)(C)CC(=O)N2C. The van der Waals surface area contributed by atoms with E-state index in [1.54, 1.807) is 11.9 Å². The number of carbonyl (C=O) groups is 2. The molecule has 0 spiro atoms. The zero-order chi connectivity index (χ0) is 16.9. The average molecular weight is 313 g/mol. The zero-order valence-electron chi connectivity index (χ0n) is 14.4. The molecule has 1 aromatic carbocycles. The lowest BCUT2D eigenvalue weighted by Gasteiger charge is -2.37. The van der Waals surface area contributed by atoms with Crippen LogP contribution in [0.3, 0.4) is 0 Å². The van der Waals surface area contributed by atoms with Crippen LogP contribution in [0.15, 0.2) is 23.3 Å². The van der Waals surface area contributed by atoms with Gasteiger partial charge in [-0.15, -0.1) is 0 Å². The molecule has 2 aliphatic heterocycles. The zero-order valence-corrected chi connectivity index (χ0v) is 14.4. The predicted octanol–water partition coefficient (Wildman–Crippen LogP) is 2.53. The van der Waals surface area contributed by atoms with Crippen molar-refractivity contribution in [2.24, 2.45) is 11.0 Å². The summed E-state index contributed by atoms with van der Waals surface area (Å²) in [6, 6.07) is 6.13. The maximum Gasteiger partial charge on any atom is 0.243 e. The number of anilines is 1. The Labute approximate surface area is 137 Å². The van der Waals surface area contributed by atoms with Gasteiger partial charge in [-0.05, 0) is 23.3 Å². The fourth-order valence-corrected chi connectivity index (χ4v) is 3.41. The molecule has 0 N–H and O–H groups in total. The molecule has 5 nitrogen and oxygen atoms in total. The summed E-state index contributed by atoms with van der Waals surface area (Å²) < 4.78 is 0. The second-order valence-electron chi connectivity index (χ2n) is 7.25. The second kappa shape index (κ2) is 5.18. The topological polar surface area (TPSA) is 53.0 Å². The lowest BCUT2D eigenvalue weighted by molar-refractivity contribution is -0.131. The maximum absolute atomic E-state index is 12.1. The molecular weight excluding hydrogens is 290 g/mol. The van der Waals surface area contributed by atoms with Crippen molar-refractivity contribution in [1.29, 1.82) is 0 Å². The lowest BCUT2D eigenvalue weighted by Crippen LogP contribution is -2.40. The van der Waals surface area contributed by atoms with E-state index in [2.05, 4.69) is 25.0 Å². The number of carbonyl (C=O) groups excluding carboxylic acids is 2. The molecule has 0 aliphatic carbocycles. The summed E-state index contributed by atoms with van der Waals surface area (Å²) in [5, 5.41) is 5.89. The van der Waals surface area contributed by atoms with E-state index in [0.717, 1.165) is 22.5 Å². The predicted molar refractivity (Wildman–Crippen MR) is 90.6 cm³/mol. The highest BCUT2D eigenvalue weighted by atomic mass is 16.2. The molecule has 1 unspecified atom stereocenters. The lowest BCUT2D eigenvalue weighted by atomic mass is 9.76. The number of hydrogen-bond donors (Lipinski definition) is 0. The first-order chi connectivity index (χ1) is 10.7. The first-order valence-corrected chi connectivity index (χ1v) is 7.97. The number of amides is 2. The molecule has 1 aromatic rings. The van der Waals surface area contributed by atoms with Gasteiger partial charge in [0, 0.05) is 44.0 Å². The summed E-state index contributed by atoms with van der Waals surface area (Å²) in [6.45, 7) is 6.23. The van der Waals surface area contributed by atoms with Crippen LogP contribution in [0.2, 0.25) is 0 Å². The van der Waals surface area contributed by atoms with Crippen molar-refractivity contribution in [3.63, 3.8) is 0 Å². The van der Waals surface area contributed by atoms with Crippen LogP contribution in [0.4, 0.5) is 5.69 Å². The Morgan fingerprint density at radius 1 is 1.17 bits per heavy atom. The van der Waals surface area contributed by atoms with Crippen LogP contribution in [0.5, 0.6) is 0 Å². The van der Waals surface area contributed by atoms with E-state index in [0.29, 0.717) is 12.8 Å². The first kappa shape index (κ1) is 15.7. The highest BCUT2D eigenvalue weighted by Gasteiger charge is 2.36. The Morgan fingerprint density at radius 2 is 1.87 bits per heavy atom. The first-order valence-electron chi connectivity index (χ1n) is 7.97. The average Bonchev–Trinajstić information content (AvgIpc) is 2.48. The molecule has 0 bridgehead atoms. The van der Waals surface area contributed by atoms with E-state index in [4.69, 9.17) is 0 Å². The Bertz CT molecular complexity index is 721. The van der Waals surface area contributed by atoms with Gasteiger partial charge >= 0.3 is 0 Å². The minimum atomic E-state index is -0.199. The Hall–Kier alpha value is -2.17. The van der Waals surface area contributed by atoms with Gasteiger partial charge in [0.25, 0.3) is 0 Å². The van der Waals surface area contributed by atoms with Gasteiger partial charge in [-0.3, -0.25) is 9.59 Å². The standard InChI is InChI=1S/C18H23N3O2/c1-11-8-15(22)21(5)19-17(11)12-6-7-14-13(9-12)18(2,3)10-16(23)20(14)4/h6-7,9,11H,8,10H2,1-5H3. The monoisotopic (exact) mass is 313 g/mol. The highest BCUT2D eigenvalue weighted by molar-refractivity contribution is 6.07. The molecule has 0 radical (unpaired) electrons. The number of rotatable bonds is 1. The van der Waals surface area contributed by atoms with Crippen molar-refractivity contribution in [1.82, 2.24) is 5.01 Å². The van der Waals surface area contributed by atoms with Gasteiger partial charge in [0.2, 0.25) is 11.8 Å². The molecule has 0 fully saturated rings. The molecule has 1 atom stereocenters. The van der Waals surface area contributed by atoms with Crippen LogP contribution >= 0.6 is 0 Å². The van der Waals surface area contributed by atoms with Crippen molar-refractivity contribution in [3.05, 3.63) is 29.3 Å². The summed E-state index contributed by atoms with van der Waals surface area (Å²) in [4.78, 5) is 25.6. The van der Waals surface area contributed by atoms with Crippen LogP contribution in [0.25, 0.3) is 0 Å². The second-order valence-corrected chi connectivity index (χ2v) is 7.25. The Morgan fingerprint density at radius 3 is 2.57 bits per heavy atom. The number of hydrogen-bond acceptors (Lipinski definition) is 3. The van der Waals surface area contributed by atoms with Gasteiger partial charge in [0.1, 0.15) is 0 Å². The van der Waals surface area contributed by atoms with Crippen molar-refractivity contribution in [2.75, 3.05) is 19.0 Å². The summed E-state index contributed by atoms with van der Waals surface area (Å²) in [6.07, 6.45) is 0.981. The molecular formula is C18H23N3O2. The smallest absolute Gasteiger partial charge is 0.243 e. The van der Waals surface area contributed by atoms with Gasteiger partial charge in [-0.25, -0.2) is 5.01 Å². The molecule has 5 heteroatoms. The van der Waals surface area contributed by atoms with Crippen LogP contribution in [-0.4, -0.2) is 36.6 Å². The van der Waals surface area contributed by atoms with E-state index >= 15 is 0 Å². The van der Waals surface area contributed by atoms with Gasteiger partial charge in [0.15, 0.2) is 0 Å². The molecule has 23 heavy (non-hydrogen) atoms. The number of hydrazone groups is 1. The van der Waals surface area contributed by atoms with E-state index in [9.17, 15) is 9.59 Å². The maximum atomic E-state index is 12.1. The molecule has 0 saturated heterocycles. The molecule has 2 amide bonds. The molecule has 2 heterocycles. The van der Waals surface area contributed by atoms with Gasteiger partial charge in [-0.1, -0.05) is 26.8 Å². The minimum absolute atomic E-state index is 0.0462. The summed E-state index contributed by atoms with van der Waals surface area (Å²) >= 11 is 0. The van der Waals surface area contributed by atoms with Gasteiger partial charge in [0.05, 0.1) is 5.71 Å². The third-order valence-electron chi connectivity index (χ3n) is 4.92. The normalized spacial score (nSPS) is 23.7. The fourth-order valence-electron chi connectivity index (χ4n) is 3.41. The van der Waals surface area contributed by atoms with Crippen LogP contribution in [0.1, 0.15) is 44.7 Å². The fraction of sp³-hybridized carbons (Fsp3) is 0.500. The summed E-state index contributed by atoms with van der Waals surface area (Å²) in [7, 11) is 3.52. The van der Waals surface area contributed by atoms with Crippen LogP contribution < -0.4 is 4.90 Å². The molecule has 0 saturated carbocycles. The number of fused-ring (bicyclic) bond motifs is 1. The summed E-state index contributed by atoms with van der Waals surface area (Å²) in [5.41, 5.74) is 3.89. The minimum Gasteiger partial charge on any atom is -0.315 e. The Kier molecular flexibility index (Phi) is 3.54. The molecule has 122 valence electrons. The third kappa shape index (κ3) is 2.54. The van der Waals surface area contributed by atoms with Crippen molar-refractivity contribution >= 4 is 23.2 Å². The van der Waals surface area contributed by atoms with E-state index in [-0.39, 0.29) is 23.1 Å². The van der Waals surface area contributed by atoms with E-state index in [1.807, 2.05) is 26.1 Å². The molecule has 2 aliphatic rings. The molecule has 0 aromatic heterocycles. The summed E-state index contributed by atoms with van der Waals surface area (Å²) in [5.74, 6) is 0.289. The van der Waals surface area contributed by atoms with E-state index < -0.39 is 0 Å². The highest BCUT2D eigenvalue weighted by Crippen LogP contribution is 2.40. The Balaban J connectivity index is 2.10. The van der Waals surface area contributed by atoms with Crippen molar-refractivity contribution < 1.29 is 9.59 Å². The van der Waals surface area contributed by atoms with Crippen LogP contribution in [-0.2, 0) is 15.0 Å². The van der Waals surface area contributed by atoms with Gasteiger partial charge in [-0.2, -0.15) is 5.10 Å². The van der Waals surface area contributed by atoms with Crippen molar-refractivity contribution in [3.8, 4) is 0 Å². The van der Waals surface area contributed by atoms with E-state index in [1.165, 1.54) is 5.01 Å². The molecule has 3 rings (SSSR count). The van der Waals surface area contributed by atoms with Gasteiger partial charge < -0.3 is 4.90 Å². The number of nitrogens with zero attached hydrogens (tertiary/aromatic N) is 3.